The number of aryl methyl sites for hydroxylation is 2. The van der Waals surface area contributed by atoms with Gasteiger partial charge in [-0.25, -0.2) is 0 Å². The number of carbonyl (C=O) groups is 8. The first-order valence-corrected chi connectivity index (χ1v) is 26.9. The molecule has 2 fully saturated rings. The quantitative estimate of drug-likeness (QED) is 0.104. The summed E-state index contributed by atoms with van der Waals surface area (Å²) >= 11 is 0. The highest BCUT2D eigenvalue weighted by Gasteiger charge is 2.48. The molecule has 8 amide bonds. The molecule has 2 aromatic carbocycles. The lowest BCUT2D eigenvalue weighted by Gasteiger charge is -2.36. The molecule has 8 N–H and O–H groups in total. The molecule has 0 bridgehead atoms. The number of carbonyl (C=O) groups excluding carboxylic acids is 8. The molecule has 0 saturated carbocycles. The van der Waals surface area contributed by atoms with Gasteiger partial charge in [0.15, 0.2) is 0 Å². The van der Waals surface area contributed by atoms with E-state index in [9.17, 15) is 38.4 Å². The highest BCUT2D eigenvalue weighted by Crippen LogP contribution is 2.34. The zero-order valence-electron chi connectivity index (χ0n) is 45.8. The van der Waals surface area contributed by atoms with E-state index in [-0.39, 0.29) is 72.8 Å². The molecule has 76 heavy (non-hydrogen) atoms. The number of fused-ring (bicyclic) bond motifs is 2. The molecule has 2 aliphatic carbocycles. The molecule has 10 atom stereocenters. The minimum atomic E-state index is -1.01. The van der Waals surface area contributed by atoms with E-state index >= 15 is 0 Å². The summed E-state index contributed by atoms with van der Waals surface area (Å²) in [5.41, 5.74) is 2.95. The third-order valence-electron chi connectivity index (χ3n) is 15.5. The first kappa shape index (κ1) is 57.0. The van der Waals surface area contributed by atoms with Crippen LogP contribution in [0.4, 0.5) is 0 Å². The molecule has 7 rings (SSSR count). The molecule has 410 valence electrons. The first-order chi connectivity index (χ1) is 36.0. The van der Waals surface area contributed by atoms with Gasteiger partial charge in [0.25, 0.3) is 11.8 Å². The van der Waals surface area contributed by atoms with Gasteiger partial charge in [0, 0.05) is 37.6 Å². The van der Waals surface area contributed by atoms with Crippen LogP contribution in [0.15, 0.2) is 67.0 Å². The first-order valence-electron chi connectivity index (χ1n) is 26.9. The SMILES string of the molecule is CNC(C)C(=O)N[C@H](C(=O)N1C[C@@H](NC(=O)c2cncc(C(=O)N[C@H]3C[C@@H](C(=O)NC4CCCc5ccccc54)N(C(=O)[C@@H](NC(=O)[C@H](C)NC)C(C)(C)C)C3)c2)C[C@H]1C(=O)N[C@@H]1CCCc2ccccc21)C(C)(C)C. The number of pyridine rings is 1. The molecule has 0 spiro atoms. The highest BCUT2D eigenvalue weighted by atomic mass is 16.2. The van der Waals surface area contributed by atoms with Crippen molar-refractivity contribution in [2.75, 3.05) is 27.2 Å². The number of likely N-dealkylation sites (tertiary alicyclic amines) is 2. The fourth-order valence-corrected chi connectivity index (χ4v) is 10.9. The number of rotatable bonds is 16. The van der Waals surface area contributed by atoms with Crippen LogP contribution in [0.5, 0.6) is 0 Å². The van der Waals surface area contributed by atoms with Crippen molar-refractivity contribution in [3.8, 4) is 0 Å². The molecule has 0 radical (unpaired) electrons. The minimum Gasteiger partial charge on any atom is -0.347 e. The van der Waals surface area contributed by atoms with E-state index in [1.54, 1.807) is 27.9 Å². The Kier molecular flexibility index (Phi) is 18.1. The molecule has 2 aliphatic heterocycles. The fraction of sp³-hybridized carbons (Fsp3) is 0.561. The average Bonchev–Trinajstić information content (AvgIpc) is 4.03. The van der Waals surface area contributed by atoms with Gasteiger partial charge < -0.3 is 52.3 Å². The zero-order chi connectivity index (χ0) is 55.2. The van der Waals surface area contributed by atoms with Crippen LogP contribution < -0.4 is 42.5 Å². The van der Waals surface area contributed by atoms with Crippen molar-refractivity contribution < 1.29 is 38.4 Å². The molecule has 3 heterocycles. The van der Waals surface area contributed by atoms with E-state index < -0.39 is 82.8 Å². The number of amides is 8. The molecular weight excluding hydrogens is 967 g/mol. The molecule has 1 aromatic heterocycles. The average molecular weight is 1050 g/mol. The summed E-state index contributed by atoms with van der Waals surface area (Å²) in [7, 11) is 3.30. The van der Waals surface area contributed by atoms with E-state index in [0.29, 0.717) is 0 Å². The number of likely N-dealkylation sites (N-methyl/N-ethyl adjacent to an activating group) is 2. The Morgan fingerprint density at radius 1 is 0.566 bits per heavy atom. The normalized spacial score (nSPS) is 22.9. The molecule has 3 aromatic rings. The standard InChI is InChI=1S/C57H79N11O8/c1-32(58-9)48(69)65-46(56(3,4)5)54(75)67-30-38(26-44(67)52(73)63-42-23-15-19-34-17-11-13-21-40(34)42)61-50(71)36-25-37(29-60-28-36)51(72)62-39-27-45(53(74)64-43-24-16-20-35-18-12-14-22-41(35)43)68(31-39)55(76)47(57(6,7)8)66-49(70)33(2)59-10/h11-14,17-18,21-22,25,28-29,32-33,38-39,42-47,58-59H,15-16,19-20,23-24,26-27,30-31H2,1-10H3,(H,61,71)(H,62,72)(H,63,73)(H,64,74)(H,65,69)(H,66,70)/t32-,33?,38-,39-,42?,43+,44-,45-,46+,47+/m0/s1. The lowest BCUT2D eigenvalue weighted by Crippen LogP contribution is -2.59. The number of nitrogens with zero attached hydrogens (tertiary/aromatic N) is 3. The monoisotopic (exact) mass is 1050 g/mol. The number of nitrogens with one attached hydrogen (secondary N) is 8. The predicted octanol–water partition coefficient (Wildman–Crippen LogP) is 3.15. The van der Waals surface area contributed by atoms with Gasteiger partial charge in [0.2, 0.25) is 35.4 Å². The van der Waals surface area contributed by atoms with Gasteiger partial charge in [-0.1, -0.05) is 90.1 Å². The summed E-state index contributed by atoms with van der Waals surface area (Å²) in [5, 5.41) is 24.0. The van der Waals surface area contributed by atoms with Crippen molar-refractivity contribution in [1.29, 1.82) is 0 Å². The molecular formula is C57H79N11O8. The van der Waals surface area contributed by atoms with Gasteiger partial charge in [-0.3, -0.25) is 43.3 Å². The largest absolute Gasteiger partial charge is 0.347 e. The highest BCUT2D eigenvalue weighted by molar-refractivity contribution is 6.00. The van der Waals surface area contributed by atoms with Crippen molar-refractivity contribution >= 4 is 47.3 Å². The Balaban J connectivity index is 1.09. The molecule has 19 heteroatoms. The van der Waals surface area contributed by atoms with Crippen LogP contribution in [0.1, 0.15) is 149 Å². The van der Waals surface area contributed by atoms with Crippen LogP contribution in [-0.2, 0) is 41.6 Å². The second-order valence-corrected chi connectivity index (χ2v) is 23.2. The van der Waals surface area contributed by atoms with Crippen LogP contribution >= 0.6 is 0 Å². The van der Waals surface area contributed by atoms with Gasteiger partial charge in [-0.05, 0) is 118 Å². The molecule has 19 nitrogen and oxygen atoms in total. The van der Waals surface area contributed by atoms with Crippen LogP contribution in [0, 0.1) is 10.8 Å². The van der Waals surface area contributed by atoms with E-state index in [1.807, 2.05) is 77.9 Å². The zero-order valence-corrected chi connectivity index (χ0v) is 45.8. The summed E-state index contributed by atoms with van der Waals surface area (Å²) in [4.78, 5) is 120. The lowest BCUT2D eigenvalue weighted by molar-refractivity contribution is -0.144. The third-order valence-corrected chi connectivity index (χ3v) is 15.5. The maximum Gasteiger partial charge on any atom is 0.253 e. The fourth-order valence-electron chi connectivity index (χ4n) is 10.9. The number of hydrogen-bond donors (Lipinski definition) is 8. The van der Waals surface area contributed by atoms with Crippen LogP contribution in [0.2, 0.25) is 0 Å². The van der Waals surface area contributed by atoms with Crippen molar-refractivity contribution in [1.82, 2.24) is 57.3 Å². The Morgan fingerprint density at radius 2 is 0.947 bits per heavy atom. The summed E-state index contributed by atoms with van der Waals surface area (Å²) in [6.45, 7) is 14.3. The van der Waals surface area contributed by atoms with Crippen LogP contribution in [0.3, 0.4) is 0 Å². The van der Waals surface area contributed by atoms with Gasteiger partial charge in [-0.2, -0.15) is 0 Å². The van der Waals surface area contributed by atoms with Crippen molar-refractivity contribution in [2.45, 2.75) is 167 Å². The smallest absolute Gasteiger partial charge is 0.253 e. The summed E-state index contributed by atoms with van der Waals surface area (Å²) in [5.74, 6) is -3.60. The predicted molar refractivity (Wildman–Crippen MR) is 287 cm³/mol. The Hall–Kier alpha value is -6.73. The maximum atomic E-state index is 14.7. The topological polar surface area (TPSA) is 252 Å². The van der Waals surface area contributed by atoms with Crippen molar-refractivity contribution in [3.05, 3.63) is 100 Å². The lowest BCUT2D eigenvalue weighted by atomic mass is 9.85. The van der Waals surface area contributed by atoms with E-state index in [2.05, 4.69) is 59.7 Å². The minimum absolute atomic E-state index is 0.0330. The van der Waals surface area contributed by atoms with Crippen molar-refractivity contribution in [2.24, 2.45) is 10.8 Å². The molecule has 4 aliphatic rings. The van der Waals surface area contributed by atoms with Gasteiger partial charge >= 0.3 is 0 Å². The Bertz CT molecular complexity index is 2490. The van der Waals surface area contributed by atoms with E-state index in [1.165, 1.54) is 28.3 Å². The molecule has 2 unspecified atom stereocenters. The Morgan fingerprint density at radius 3 is 1.32 bits per heavy atom. The summed E-state index contributed by atoms with van der Waals surface area (Å²) in [6.07, 6.45) is 7.79. The third kappa shape index (κ3) is 13.3. The van der Waals surface area contributed by atoms with Crippen molar-refractivity contribution in [3.63, 3.8) is 0 Å². The van der Waals surface area contributed by atoms with Gasteiger partial charge in [0.05, 0.1) is 35.3 Å². The Labute approximate surface area is 447 Å². The van der Waals surface area contributed by atoms with Crippen LogP contribution in [-0.4, -0.2) is 138 Å². The second kappa shape index (κ2) is 24.1. The van der Waals surface area contributed by atoms with E-state index in [0.717, 1.165) is 60.8 Å². The van der Waals surface area contributed by atoms with Gasteiger partial charge in [0.1, 0.15) is 24.2 Å². The number of aromatic nitrogens is 1. The number of hydrogen-bond acceptors (Lipinski definition) is 11. The second-order valence-electron chi connectivity index (χ2n) is 23.2. The summed E-state index contributed by atoms with van der Waals surface area (Å²) < 4.78 is 0. The molecule has 2 saturated heterocycles. The van der Waals surface area contributed by atoms with E-state index in [4.69, 9.17) is 0 Å². The maximum absolute atomic E-state index is 14.7. The van der Waals surface area contributed by atoms with Gasteiger partial charge in [-0.15, -0.1) is 0 Å². The number of benzene rings is 2. The van der Waals surface area contributed by atoms with Crippen LogP contribution in [0.25, 0.3) is 0 Å². The summed E-state index contributed by atoms with van der Waals surface area (Å²) in [6, 6.07) is 10.2.